The number of cyclic esters (lactones) is 1. The number of aliphatic hydroxyl groups is 2. The number of amides is 1. The van der Waals surface area contributed by atoms with Gasteiger partial charge < -0.3 is 24.8 Å². The van der Waals surface area contributed by atoms with Crippen molar-refractivity contribution in [3.63, 3.8) is 0 Å². The minimum absolute atomic E-state index is 0.0523. The number of rotatable bonds is 3. The fourth-order valence-electron chi connectivity index (χ4n) is 5.99. The van der Waals surface area contributed by atoms with Crippen LogP contribution in [-0.4, -0.2) is 37.7 Å². The number of halogens is 1. The number of carbonyl (C=O) groups is 2. The van der Waals surface area contributed by atoms with Gasteiger partial charge in [-0.2, -0.15) is 0 Å². The highest BCUT2D eigenvalue weighted by Gasteiger charge is 2.46. The molecule has 6 rings (SSSR count). The molecule has 2 aliphatic heterocycles. The van der Waals surface area contributed by atoms with Crippen LogP contribution in [0.4, 0.5) is 0 Å². The summed E-state index contributed by atoms with van der Waals surface area (Å²) in [4.78, 5) is 43.6. The maximum Gasteiger partial charge on any atom is 0.343 e. The van der Waals surface area contributed by atoms with Crippen molar-refractivity contribution in [2.45, 2.75) is 70.9 Å². The Morgan fingerprint density at radius 3 is 2.78 bits per heavy atom. The number of hydrogen-bond acceptors (Lipinski definition) is 7. The molecule has 3 aliphatic rings. The lowest BCUT2D eigenvalue weighted by Crippen LogP contribution is -2.44. The van der Waals surface area contributed by atoms with E-state index in [9.17, 15) is 24.6 Å². The first-order valence-corrected chi connectivity index (χ1v) is 12.7. The van der Waals surface area contributed by atoms with Crippen LogP contribution < -0.4 is 10.9 Å². The second kappa shape index (κ2) is 8.11. The first kappa shape index (κ1) is 24.1. The van der Waals surface area contributed by atoms with Crippen LogP contribution in [-0.2, 0) is 39.5 Å². The summed E-state index contributed by atoms with van der Waals surface area (Å²) in [7, 11) is 0. The van der Waals surface area contributed by atoms with Crippen molar-refractivity contribution in [3.8, 4) is 11.4 Å². The number of fused-ring (bicyclic) bond motifs is 5. The Bertz CT molecular complexity index is 1610. The minimum atomic E-state index is -1.92. The molecule has 1 aromatic carbocycles. The molecule has 1 amide bonds. The molecule has 2 aromatic heterocycles. The van der Waals surface area contributed by atoms with Crippen LogP contribution in [0.15, 0.2) is 16.9 Å². The maximum atomic E-state index is 13.6. The first-order chi connectivity index (χ1) is 17.6. The molecular weight excluding hydrogens is 498 g/mol. The number of nitrogens with zero attached hydrogens (tertiary/aromatic N) is 2. The van der Waals surface area contributed by atoms with E-state index in [1.165, 1.54) is 6.92 Å². The van der Waals surface area contributed by atoms with Crippen molar-refractivity contribution in [3.05, 3.63) is 60.9 Å². The van der Waals surface area contributed by atoms with E-state index < -0.39 is 29.6 Å². The summed E-state index contributed by atoms with van der Waals surface area (Å²) in [6.07, 6.45) is 0.148. The van der Waals surface area contributed by atoms with E-state index in [1.807, 2.05) is 6.92 Å². The third-order valence-electron chi connectivity index (χ3n) is 8.07. The molecule has 0 unspecified atom stereocenters. The van der Waals surface area contributed by atoms with Crippen LogP contribution in [0.25, 0.3) is 22.3 Å². The normalized spacial score (nSPS) is 22.2. The summed E-state index contributed by atoms with van der Waals surface area (Å²) < 4.78 is 6.75. The second-order valence-electron chi connectivity index (χ2n) is 10.1. The third kappa shape index (κ3) is 3.24. The lowest BCUT2D eigenvalue weighted by Gasteiger charge is -2.31. The molecule has 10 heteroatoms. The van der Waals surface area contributed by atoms with Gasteiger partial charge in [-0.3, -0.25) is 9.59 Å². The van der Waals surface area contributed by atoms with Crippen LogP contribution in [0.1, 0.15) is 66.1 Å². The van der Waals surface area contributed by atoms with E-state index in [2.05, 4.69) is 5.32 Å². The van der Waals surface area contributed by atoms with Crippen LogP contribution in [0.5, 0.6) is 0 Å². The molecule has 0 radical (unpaired) electrons. The molecule has 0 spiro atoms. The summed E-state index contributed by atoms with van der Waals surface area (Å²) in [5.74, 6) is -1.26. The standard InChI is InChI=1S/C27H26ClN3O6/c1-4-27(36)16-7-20-23-14(9-31(20)25(34)15(16)10-37-26(27)35)22-18(30-24(33)12(3)32)6-5-13-11(2)17(28)8-19(29-23)21(13)22/h7-8,12,18,32,36H,4-6,9-10H2,1-3H3,(H,30,33)/t12-,18+,27-/m0/s1. The first-order valence-electron chi connectivity index (χ1n) is 12.4. The van der Waals surface area contributed by atoms with E-state index in [0.717, 1.165) is 27.6 Å². The van der Waals surface area contributed by atoms with Gasteiger partial charge in [-0.1, -0.05) is 18.5 Å². The predicted molar refractivity (Wildman–Crippen MR) is 135 cm³/mol. The van der Waals surface area contributed by atoms with Crippen molar-refractivity contribution in [2.24, 2.45) is 0 Å². The summed E-state index contributed by atoms with van der Waals surface area (Å²) in [6, 6.07) is 3.06. The van der Waals surface area contributed by atoms with Crippen molar-refractivity contribution in [1.29, 1.82) is 0 Å². The number of aryl methyl sites for hydroxylation is 1. The largest absolute Gasteiger partial charge is 0.458 e. The van der Waals surface area contributed by atoms with E-state index in [-0.39, 0.29) is 36.3 Å². The number of aliphatic hydroxyl groups excluding tert-OH is 1. The Balaban J connectivity index is 1.65. The topological polar surface area (TPSA) is 131 Å². The van der Waals surface area contributed by atoms with E-state index in [0.29, 0.717) is 34.8 Å². The fraction of sp³-hybridized carbons (Fsp3) is 0.407. The van der Waals surface area contributed by atoms with Crippen molar-refractivity contribution in [2.75, 3.05) is 0 Å². The van der Waals surface area contributed by atoms with Gasteiger partial charge in [0.05, 0.1) is 35.1 Å². The number of pyridine rings is 2. The van der Waals surface area contributed by atoms with Crippen LogP contribution in [0.3, 0.4) is 0 Å². The molecule has 3 N–H and O–H groups in total. The van der Waals surface area contributed by atoms with Crippen LogP contribution >= 0.6 is 11.6 Å². The Hall–Kier alpha value is -3.27. The number of ether oxygens (including phenoxy) is 1. The Morgan fingerprint density at radius 2 is 2.08 bits per heavy atom. The summed E-state index contributed by atoms with van der Waals surface area (Å²) in [5.41, 5.74) is 3.54. The zero-order chi connectivity index (χ0) is 26.4. The van der Waals surface area contributed by atoms with Gasteiger partial charge in [0.15, 0.2) is 5.60 Å². The molecule has 37 heavy (non-hydrogen) atoms. The number of carbonyl (C=O) groups excluding carboxylic acids is 2. The number of benzene rings is 1. The van der Waals surface area contributed by atoms with E-state index >= 15 is 0 Å². The van der Waals surface area contributed by atoms with Gasteiger partial charge in [0.1, 0.15) is 12.7 Å². The van der Waals surface area contributed by atoms with Crippen LogP contribution in [0, 0.1) is 6.92 Å². The molecular formula is C27H26ClN3O6. The highest BCUT2D eigenvalue weighted by atomic mass is 35.5. The molecule has 0 saturated heterocycles. The molecule has 1 aliphatic carbocycles. The molecule has 3 atom stereocenters. The molecule has 9 nitrogen and oxygen atoms in total. The van der Waals surface area contributed by atoms with Crippen LogP contribution in [0.2, 0.25) is 5.02 Å². The molecule has 3 aromatic rings. The molecule has 0 saturated carbocycles. The van der Waals surface area contributed by atoms with Gasteiger partial charge >= 0.3 is 5.97 Å². The second-order valence-corrected chi connectivity index (χ2v) is 10.5. The summed E-state index contributed by atoms with van der Waals surface area (Å²) in [6.45, 7) is 5.04. The highest BCUT2D eigenvalue weighted by molar-refractivity contribution is 6.32. The lowest BCUT2D eigenvalue weighted by molar-refractivity contribution is -0.172. The van der Waals surface area contributed by atoms with Gasteiger partial charge in [-0.25, -0.2) is 9.78 Å². The summed E-state index contributed by atoms with van der Waals surface area (Å²) >= 11 is 6.57. The fourth-order valence-corrected chi connectivity index (χ4v) is 6.21. The number of esters is 1. The quantitative estimate of drug-likeness (QED) is 0.352. The predicted octanol–water partition coefficient (Wildman–Crippen LogP) is 2.53. The average Bonchev–Trinajstić information content (AvgIpc) is 3.24. The zero-order valence-corrected chi connectivity index (χ0v) is 21.4. The van der Waals surface area contributed by atoms with E-state index in [1.54, 1.807) is 23.6 Å². The Morgan fingerprint density at radius 1 is 1.32 bits per heavy atom. The smallest absolute Gasteiger partial charge is 0.343 e. The van der Waals surface area contributed by atoms with E-state index in [4.69, 9.17) is 21.3 Å². The van der Waals surface area contributed by atoms with Crippen molar-refractivity contribution >= 4 is 34.4 Å². The summed E-state index contributed by atoms with van der Waals surface area (Å²) in [5, 5.41) is 25.5. The zero-order valence-electron chi connectivity index (χ0n) is 20.6. The van der Waals surface area contributed by atoms with Gasteiger partial charge in [-0.05, 0) is 61.9 Å². The molecule has 0 bridgehead atoms. The van der Waals surface area contributed by atoms with Gasteiger partial charge in [0, 0.05) is 21.5 Å². The van der Waals surface area contributed by atoms with Gasteiger partial charge in [0.25, 0.3) is 5.56 Å². The average molecular weight is 524 g/mol. The molecule has 4 heterocycles. The maximum absolute atomic E-state index is 13.6. The Labute approximate surface area is 217 Å². The molecule has 192 valence electrons. The number of nitrogens with one attached hydrogen (secondary N) is 1. The van der Waals surface area contributed by atoms with Gasteiger partial charge in [0.2, 0.25) is 5.91 Å². The Kier molecular flexibility index (Phi) is 5.28. The third-order valence-corrected chi connectivity index (χ3v) is 8.47. The minimum Gasteiger partial charge on any atom is -0.458 e. The van der Waals surface area contributed by atoms with Gasteiger partial charge in [-0.15, -0.1) is 0 Å². The highest BCUT2D eigenvalue weighted by Crippen LogP contribution is 2.46. The number of hydrogen-bond donors (Lipinski definition) is 3. The van der Waals surface area contributed by atoms with Crippen molar-refractivity contribution in [1.82, 2.24) is 14.9 Å². The number of aromatic nitrogens is 2. The monoisotopic (exact) mass is 523 g/mol. The SMILES string of the molecule is CC[C@@]1(O)C(=O)OCc2c1cc1n(c2=O)Cc2c-1nc1cc(Cl)c(C)c3c1c2[C@H](NC(=O)[C@H](C)O)CC3. The lowest BCUT2D eigenvalue weighted by atomic mass is 9.81. The van der Waals surface area contributed by atoms with Crippen molar-refractivity contribution < 1.29 is 24.5 Å². The molecule has 0 fully saturated rings.